The van der Waals surface area contributed by atoms with Crippen molar-refractivity contribution in [2.24, 2.45) is 0 Å². The number of ether oxygens (including phenoxy) is 1. The number of carbonyl (C=O) groups is 1. The number of carbonyl (C=O) groups excluding carboxylic acids is 1. The molecule has 0 spiro atoms. The number of nitrogens with zero attached hydrogens (tertiary/aromatic N) is 2. The van der Waals surface area contributed by atoms with E-state index in [1.54, 1.807) is 4.68 Å². The van der Waals surface area contributed by atoms with Gasteiger partial charge in [0.1, 0.15) is 5.69 Å². The van der Waals surface area contributed by atoms with Gasteiger partial charge < -0.3 is 15.8 Å². The minimum atomic E-state index is -0.183. The molecule has 1 atom stereocenters. The predicted molar refractivity (Wildman–Crippen MR) is 63.6 cm³/mol. The maximum atomic E-state index is 12.0. The number of amides is 1. The monoisotopic (exact) mass is 238 g/mol. The fraction of sp³-hybridized carbons (Fsp3) is 0.636. The van der Waals surface area contributed by atoms with E-state index in [1.165, 1.54) is 6.20 Å². The molecule has 3 N–H and O–H groups in total. The molecule has 2 rings (SSSR count). The average Bonchev–Trinajstić information content (AvgIpc) is 2.94. The number of hydrogen-bond acceptors (Lipinski definition) is 4. The second-order valence-electron chi connectivity index (χ2n) is 4.11. The highest BCUT2D eigenvalue weighted by Gasteiger charge is 2.19. The Morgan fingerprint density at radius 3 is 3.24 bits per heavy atom. The second-order valence-corrected chi connectivity index (χ2v) is 4.11. The third kappa shape index (κ3) is 2.58. The maximum Gasteiger partial charge on any atom is 0.271 e. The molecule has 1 amide bonds. The summed E-state index contributed by atoms with van der Waals surface area (Å²) in [6.45, 7) is 3.87. The molecular formula is C11H18N4O2. The van der Waals surface area contributed by atoms with E-state index in [2.05, 4.69) is 10.4 Å². The fourth-order valence-corrected chi connectivity index (χ4v) is 1.98. The lowest BCUT2D eigenvalue weighted by Crippen LogP contribution is -2.33. The highest BCUT2D eigenvalue weighted by Crippen LogP contribution is 2.13. The lowest BCUT2D eigenvalue weighted by molar-refractivity contribution is 0.0850. The molecule has 0 radical (unpaired) electrons. The number of hydrogen-bond donors (Lipinski definition) is 2. The van der Waals surface area contributed by atoms with Crippen LogP contribution < -0.4 is 11.1 Å². The van der Waals surface area contributed by atoms with Crippen LogP contribution in [0.15, 0.2) is 6.20 Å². The van der Waals surface area contributed by atoms with Crippen LogP contribution in [0.5, 0.6) is 0 Å². The second kappa shape index (κ2) is 5.18. The van der Waals surface area contributed by atoms with Crippen molar-refractivity contribution in [2.45, 2.75) is 32.4 Å². The summed E-state index contributed by atoms with van der Waals surface area (Å²) in [4.78, 5) is 12.0. The van der Waals surface area contributed by atoms with Crippen molar-refractivity contribution in [2.75, 3.05) is 18.9 Å². The quantitative estimate of drug-likeness (QED) is 0.795. The topological polar surface area (TPSA) is 82.2 Å². The van der Waals surface area contributed by atoms with Crippen LogP contribution in [0.3, 0.4) is 0 Å². The van der Waals surface area contributed by atoms with E-state index in [1.807, 2.05) is 6.92 Å². The lowest BCUT2D eigenvalue weighted by Gasteiger charge is -2.11. The molecule has 1 aliphatic heterocycles. The number of rotatable bonds is 4. The zero-order chi connectivity index (χ0) is 12.3. The van der Waals surface area contributed by atoms with Crippen LogP contribution in [-0.2, 0) is 11.3 Å². The summed E-state index contributed by atoms with van der Waals surface area (Å²) in [5.41, 5.74) is 6.58. The van der Waals surface area contributed by atoms with E-state index in [4.69, 9.17) is 10.5 Å². The van der Waals surface area contributed by atoms with Crippen molar-refractivity contribution in [1.82, 2.24) is 15.1 Å². The molecule has 0 aliphatic carbocycles. The molecule has 6 heteroatoms. The molecule has 0 aromatic carbocycles. The Labute approximate surface area is 100 Å². The van der Waals surface area contributed by atoms with E-state index in [0.717, 1.165) is 19.4 Å². The number of nitrogens with two attached hydrogens (primary N) is 1. The summed E-state index contributed by atoms with van der Waals surface area (Å²) in [7, 11) is 0. The summed E-state index contributed by atoms with van der Waals surface area (Å²) >= 11 is 0. The minimum Gasteiger partial charge on any atom is -0.396 e. The van der Waals surface area contributed by atoms with Gasteiger partial charge in [-0.1, -0.05) is 0 Å². The summed E-state index contributed by atoms with van der Waals surface area (Å²) in [5, 5.41) is 6.87. The smallest absolute Gasteiger partial charge is 0.271 e. The Morgan fingerprint density at radius 1 is 1.76 bits per heavy atom. The summed E-state index contributed by atoms with van der Waals surface area (Å²) in [6, 6.07) is 0. The van der Waals surface area contributed by atoms with E-state index >= 15 is 0 Å². The summed E-state index contributed by atoms with van der Waals surface area (Å²) in [5.74, 6) is -0.183. The van der Waals surface area contributed by atoms with Crippen LogP contribution in [0.25, 0.3) is 0 Å². The Morgan fingerprint density at radius 2 is 2.59 bits per heavy atom. The Bertz CT molecular complexity index is 396. The van der Waals surface area contributed by atoms with Crippen LogP contribution in [0, 0.1) is 0 Å². The van der Waals surface area contributed by atoms with Gasteiger partial charge in [0.2, 0.25) is 0 Å². The highest BCUT2D eigenvalue weighted by molar-refractivity contribution is 5.97. The molecule has 6 nitrogen and oxygen atoms in total. The van der Waals surface area contributed by atoms with E-state index < -0.39 is 0 Å². The third-order valence-corrected chi connectivity index (χ3v) is 2.90. The van der Waals surface area contributed by atoms with Gasteiger partial charge in [0, 0.05) is 19.7 Å². The van der Waals surface area contributed by atoms with E-state index in [0.29, 0.717) is 24.5 Å². The van der Waals surface area contributed by atoms with Crippen LogP contribution in [0.4, 0.5) is 5.69 Å². The molecular weight excluding hydrogens is 220 g/mol. The van der Waals surface area contributed by atoms with Crippen molar-refractivity contribution >= 4 is 11.6 Å². The summed E-state index contributed by atoms with van der Waals surface area (Å²) in [6.07, 6.45) is 3.71. The van der Waals surface area contributed by atoms with Gasteiger partial charge in [-0.25, -0.2) is 0 Å². The van der Waals surface area contributed by atoms with Crippen LogP contribution >= 0.6 is 0 Å². The fourth-order valence-electron chi connectivity index (χ4n) is 1.98. The largest absolute Gasteiger partial charge is 0.396 e. The van der Waals surface area contributed by atoms with E-state index in [-0.39, 0.29) is 12.0 Å². The average molecular weight is 238 g/mol. The molecule has 0 unspecified atom stereocenters. The number of aryl methyl sites for hydroxylation is 1. The first-order chi connectivity index (χ1) is 8.22. The van der Waals surface area contributed by atoms with Crippen LogP contribution in [-0.4, -0.2) is 34.9 Å². The SMILES string of the molecule is CCn1ncc(N)c1C(=O)NC[C@H]1CCCO1. The van der Waals surface area contributed by atoms with Gasteiger partial charge >= 0.3 is 0 Å². The maximum absolute atomic E-state index is 12.0. The number of nitrogens with one attached hydrogen (secondary N) is 1. The third-order valence-electron chi connectivity index (χ3n) is 2.90. The lowest BCUT2D eigenvalue weighted by atomic mass is 10.2. The van der Waals surface area contributed by atoms with Gasteiger partial charge in [0.15, 0.2) is 0 Å². The number of aromatic nitrogens is 2. The summed E-state index contributed by atoms with van der Waals surface area (Å²) < 4.78 is 7.04. The predicted octanol–water partition coefficient (Wildman–Crippen LogP) is 0.394. The molecule has 94 valence electrons. The zero-order valence-corrected chi connectivity index (χ0v) is 9.98. The zero-order valence-electron chi connectivity index (χ0n) is 9.98. The molecule has 1 saturated heterocycles. The van der Waals surface area contributed by atoms with E-state index in [9.17, 15) is 4.79 Å². The molecule has 1 aromatic heterocycles. The first kappa shape index (κ1) is 11.9. The molecule has 17 heavy (non-hydrogen) atoms. The van der Waals surface area contributed by atoms with Crippen LogP contribution in [0.1, 0.15) is 30.3 Å². The normalized spacial score (nSPS) is 19.5. The van der Waals surface area contributed by atoms with Gasteiger partial charge in [-0.2, -0.15) is 5.10 Å². The van der Waals surface area contributed by atoms with Crippen LogP contribution in [0.2, 0.25) is 0 Å². The van der Waals surface area contributed by atoms with Gasteiger partial charge in [-0.3, -0.25) is 9.48 Å². The Balaban J connectivity index is 1.96. The standard InChI is InChI=1S/C11H18N4O2/c1-2-15-10(9(12)7-14-15)11(16)13-6-8-4-3-5-17-8/h7-8H,2-6,12H2,1H3,(H,13,16)/t8-/m1/s1. The van der Waals surface area contributed by atoms with Crippen molar-refractivity contribution in [1.29, 1.82) is 0 Å². The molecule has 0 saturated carbocycles. The molecule has 1 fully saturated rings. The molecule has 1 aliphatic rings. The first-order valence-corrected chi connectivity index (χ1v) is 5.93. The molecule has 0 bridgehead atoms. The minimum absolute atomic E-state index is 0.137. The first-order valence-electron chi connectivity index (χ1n) is 5.93. The molecule has 1 aromatic rings. The van der Waals surface area contributed by atoms with Crippen molar-refractivity contribution in [3.05, 3.63) is 11.9 Å². The van der Waals surface area contributed by atoms with Gasteiger partial charge in [-0.15, -0.1) is 0 Å². The van der Waals surface area contributed by atoms with Crippen molar-refractivity contribution < 1.29 is 9.53 Å². The Hall–Kier alpha value is -1.56. The number of anilines is 1. The Kier molecular flexibility index (Phi) is 3.63. The van der Waals surface area contributed by atoms with Crippen molar-refractivity contribution in [3.8, 4) is 0 Å². The van der Waals surface area contributed by atoms with Gasteiger partial charge in [0.05, 0.1) is 18.0 Å². The van der Waals surface area contributed by atoms with Crippen molar-refractivity contribution in [3.63, 3.8) is 0 Å². The van der Waals surface area contributed by atoms with Gasteiger partial charge in [0.25, 0.3) is 5.91 Å². The molecule has 2 heterocycles. The highest BCUT2D eigenvalue weighted by atomic mass is 16.5. The van der Waals surface area contributed by atoms with Gasteiger partial charge in [-0.05, 0) is 19.8 Å². The number of nitrogen functional groups attached to an aromatic ring is 1.